The molecule has 7 nitrogen and oxygen atoms in total. The average Bonchev–Trinajstić information content (AvgIpc) is 2.71. The molecule has 172 valence electrons. The van der Waals surface area contributed by atoms with Crippen LogP contribution in [0.5, 0.6) is 0 Å². The van der Waals surface area contributed by atoms with E-state index in [0.29, 0.717) is 13.0 Å². The summed E-state index contributed by atoms with van der Waals surface area (Å²) in [5.41, 5.74) is 11.0. The summed E-state index contributed by atoms with van der Waals surface area (Å²) in [5.74, 6) is -0.495. The minimum atomic E-state index is -0.631. The molecule has 0 spiro atoms. The van der Waals surface area contributed by atoms with Crippen LogP contribution in [-0.2, 0) is 9.59 Å². The number of rotatable bonds is 21. The molecular formula is C22H47N5O2. The molecule has 0 bridgehead atoms. The summed E-state index contributed by atoms with van der Waals surface area (Å²) in [6.07, 6.45) is 11.7. The maximum atomic E-state index is 12.3. The van der Waals surface area contributed by atoms with Gasteiger partial charge in [0.25, 0.3) is 0 Å². The van der Waals surface area contributed by atoms with E-state index >= 15 is 0 Å². The van der Waals surface area contributed by atoms with Crippen LogP contribution >= 0.6 is 0 Å². The molecule has 0 rings (SSSR count). The van der Waals surface area contributed by atoms with Gasteiger partial charge in [0, 0.05) is 19.5 Å². The second-order valence-corrected chi connectivity index (χ2v) is 7.81. The lowest BCUT2D eigenvalue weighted by atomic mass is 10.1. The van der Waals surface area contributed by atoms with Crippen LogP contribution in [0.1, 0.15) is 84.5 Å². The van der Waals surface area contributed by atoms with E-state index in [9.17, 15) is 9.59 Å². The maximum Gasteiger partial charge on any atom is 0.239 e. The van der Waals surface area contributed by atoms with Crippen LogP contribution in [0.3, 0.4) is 0 Å². The lowest BCUT2D eigenvalue weighted by molar-refractivity contribution is -0.132. The third-order valence-electron chi connectivity index (χ3n) is 5.20. The van der Waals surface area contributed by atoms with Gasteiger partial charge in [-0.3, -0.25) is 9.59 Å². The van der Waals surface area contributed by atoms with Gasteiger partial charge in [0.2, 0.25) is 11.8 Å². The predicted molar refractivity (Wildman–Crippen MR) is 122 cm³/mol. The Morgan fingerprint density at radius 3 is 1.86 bits per heavy atom. The molecule has 7 heteroatoms. The van der Waals surface area contributed by atoms with Gasteiger partial charge in [0.1, 0.15) is 0 Å². The second kappa shape index (κ2) is 20.1. The minimum absolute atomic E-state index is 0.0802. The molecule has 29 heavy (non-hydrogen) atoms. The first-order chi connectivity index (χ1) is 14.0. The summed E-state index contributed by atoms with van der Waals surface area (Å²) >= 11 is 0. The fraction of sp³-hybridized carbons (Fsp3) is 0.909. The molecule has 1 unspecified atom stereocenters. The van der Waals surface area contributed by atoms with E-state index in [2.05, 4.69) is 17.6 Å². The van der Waals surface area contributed by atoms with Gasteiger partial charge >= 0.3 is 0 Å². The minimum Gasteiger partial charge on any atom is -0.370 e. The molecule has 2 amide bonds. The van der Waals surface area contributed by atoms with Crippen molar-refractivity contribution in [2.45, 2.75) is 90.5 Å². The Hall–Kier alpha value is -1.18. The first-order valence-corrected chi connectivity index (χ1v) is 11.8. The van der Waals surface area contributed by atoms with E-state index in [4.69, 9.17) is 11.5 Å². The van der Waals surface area contributed by atoms with Crippen LogP contribution in [0.15, 0.2) is 0 Å². The van der Waals surface area contributed by atoms with Crippen molar-refractivity contribution in [1.82, 2.24) is 15.5 Å². The molecule has 1 atom stereocenters. The molecule has 0 fully saturated rings. The third-order valence-corrected chi connectivity index (χ3v) is 5.20. The molecule has 0 radical (unpaired) electrons. The molecule has 0 saturated heterocycles. The number of primary amides is 1. The molecule has 0 heterocycles. The van der Waals surface area contributed by atoms with Crippen molar-refractivity contribution in [1.29, 1.82) is 0 Å². The number of carbonyl (C=O) groups excluding carboxylic acids is 2. The summed E-state index contributed by atoms with van der Waals surface area (Å²) in [5, 5.41) is 6.87. The van der Waals surface area contributed by atoms with Gasteiger partial charge in [-0.2, -0.15) is 0 Å². The van der Waals surface area contributed by atoms with Crippen LogP contribution in [0.4, 0.5) is 0 Å². The molecule has 6 N–H and O–H groups in total. The summed E-state index contributed by atoms with van der Waals surface area (Å²) in [4.78, 5) is 24.9. The first-order valence-electron chi connectivity index (χ1n) is 11.8. The van der Waals surface area contributed by atoms with Gasteiger partial charge in [0.05, 0.1) is 6.04 Å². The summed E-state index contributed by atoms with van der Waals surface area (Å²) in [6.45, 7) is 9.78. The van der Waals surface area contributed by atoms with Crippen LogP contribution in [-0.4, -0.2) is 62.0 Å². The largest absolute Gasteiger partial charge is 0.370 e. The number of carbonyl (C=O) groups is 2. The number of unbranched alkanes of at least 4 members (excludes halogenated alkanes) is 7. The molecule has 0 aromatic heterocycles. The highest BCUT2D eigenvalue weighted by Gasteiger charge is 2.19. The molecule has 0 aliphatic rings. The van der Waals surface area contributed by atoms with Crippen molar-refractivity contribution in [2.75, 3.05) is 39.3 Å². The van der Waals surface area contributed by atoms with Crippen LogP contribution in [0.25, 0.3) is 0 Å². The normalized spacial score (nSPS) is 12.1. The first kappa shape index (κ1) is 27.8. The Bertz CT molecular complexity index is 407. The predicted octanol–water partition coefficient (Wildman–Crippen LogP) is 2.14. The highest BCUT2D eigenvalue weighted by molar-refractivity contribution is 5.82. The van der Waals surface area contributed by atoms with Crippen molar-refractivity contribution in [2.24, 2.45) is 11.5 Å². The highest BCUT2D eigenvalue weighted by atomic mass is 16.2. The molecule has 0 aromatic rings. The zero-order valence-corrected chi connectivity index (χ0v) is 19.0. The molecule has 0 aliphatic heterocycles. The van der Waals surface area contributed by atoms with Gasteiger partial charge < -0.3 is 27.0 Å². The number of nitrogens with two attached hydrogens (primary N) is 2. The summed E-state index contributed by atoms with van der Waals surface area (Å²) in [7, 11) is 0. The Labute approximate surface area is 178 Å². The lowest BCUT2D eigenvalue weighted by Gasteiger charge is -2.24. The summed E-state index contributed by atoms with van der Waals surface area (Å²) in [6, 6.07) is -0.631. The number of nitrogens with zero attached hydrogens (tertiary/aromatic N) is 1. The second-order valence-electron chi connectivity index (χ2n) is 7.81. The SMILES string of the molecule is CCNCCCCCCCCCNCCCCN(CC)C(=O)C(N)CCC(N)=O. The molecular weight excluding hydrogens is 366 g/mol. The number of hydrogen-bond acceptors (Lipinski definition) is 5. The third kappa shape index (κ3) is 17.4. The zero-order valence-electron chi connectivity index (χ0n) is 19.0. The van der Waals surface area contributed by atoms with E-state index in [1.165, 1.54) is 44.9 Å². The van der Waals surface area contributed by atoms with Crippen molar-refractivity contribution >= 4 is 11.8 Å². The Morgan fingerprint density at radius 1 is 0.828 bits per heavy atom. The van der Waals surface area contributed by atoms with E-state index in [1.54, 1.807) is 4.90 Å². The van der Waals surface area contributed by atoms with Gasteiger partial charge in [0.15, 0.2) is 0 Å². The number of amides is 2. The smallest absolute Gasteiger partial charge is 0.239 e. The van der Waals surface area contributed by atoms with E-state index in [1.807, 2.05) is 6.92 Å². The Balaban J connectivity index is 3.51. The van der Waals surface area contributed by atoms with Crippen molar-refractivity contribution in [3.63, 3.8) is 0 Å². The van der Waals surface area contributed by atoms with Crippen LogP contribution in [0, 0.1) is 0 Å². The van der Waals surface area contributed by atoms with Gasteiger partial charge in [-0.15, -0.1) is 0 Å². The van der Waals surface area contributed by atoms with E-state index < -0.39 is 11.9 Å². The zero-order chi connectivity index (χ0) is 21.7. The monoisotopic (exact) mass is 413 g/mol. The van der Waals surface area contributed by atoms with Crippen LogP contribution < -0.4 is 22.1 Å². The fourth-order valence-corrected chi connectivity index (χ4v) is 3.32. The molecule has 0 aromatic carbocycles. The lowest BCUT2D eigenvalue weighted by Crippen LogP contribution is -2.44. The quantitative estimate of drug-likeness (QED) is 0.215. The Morgan fingerprint density at radius 2 is 1.34 bits per heavy atom. The number of likely N-dealkylation sites (N-methyl/N-ethyl adjacent to an activating group) is 1. The Kier molecular flexibility index (Phi) is 19.3. The number of nitrogens with one attached hydrogen (secondary N) is 2. The van der Waals surface area contributed by atoms with Crippen LogP contribution in [0.2, 0.25) is 0 Å². The fourth-order valence-electron chi connectivity index (χ4n) is 3.32. The molecule has 0 saturated carbocycles. The van der Waals surface area contributed by atoms with Crippen molar-refractivity contribution < 1.29 is 9.59 Å². The number of hydrogen-bond donors (Lipinski definition) is 4. The van der Waals surface area contributed by atoms with Crippen molar-refractivity contribution in [3.05, 3.63) is 0 Å². The highest BCUT2D eigenvalue weighted by Crippen LogP contribution is 2.06. The molecule has 0 aliphatic carbocycles. The van der Waals surface area contributed by atoms with Gasteiger partial charge in [-0.05, 0) is 65.2 Å². The van der Waals surface area contributed by atoms with E-state index in [0.717, 1.165) is 45.6 Å². The standard InChI is InChI=1S/C22H47N5O2/c1-3-25-16-10-8-6-5-7-9-11-17-26-18-12-13-19-27(4-2)22(29)20(23)14-15-21(24)28/h20,25-26H,3-19,23H2,1-2H3,(H2,24,28). The average molecular weight is 414 g/mol. The maximum absolute atomic E-state index is 12.3. The topological polar surface area (TPSA) is 113 Å². The van der Waals surface area contributed by atoms with Crippen molar-refractivity contribution in [3.8, 4) is 0 Å². The van der Waals surface area contributed by atoms with E-state index in [-0.39, 0.29) is 12.3 Å². The van der Waals surface area contributed by atoms with Gasteiger partial charge in [-0.25, -0.2) is 0 Å². The summed E-state index contributed by atoms with van der Waals surface area (Å²) < 4.78 is 0. The van der Waals surface area contributed by atoms with Gasteiger partial charge in [-0.1, -0.05) is 39.0 Å².